The number of urea groups is 1. The van der Waals surface area contributed by atoms with Gasteiger partial charge in [0.05, 0.1) is 19.7 Å². The summed E-state index contributed by atoms with van der Waals surface area (Å²) in [5.41, 5.74) is 1.02. The molecule has 1 fully saturated rings. The molecular formula is C16H24N5O4+. The van der Waals surface area contributed by atoms with E-state index in [2.05, 4.69) is 9.56 Å². The van der Waals surface area contributed by atoms with E-state index in [0.29, 0.717) is 25.0 Å². The molecule has 9 nitrogen and oxygen atoms in total. The number of ether oxygens (including phenoxy) is 2. The number of carbonyl (C=O) groups excluding carboxylic acids is 2. The van der Waals surface area contributed by atoms with Crippen LogP contribution >= 0.6 is 0 Å². The summed E-state index contributed by atoms with van der Waals surface area (Å²) in [5, 5.41) is 0. The number of hydrogen-bond donors (Lipinski definition) is 0. The van der Waals surface area contributed by atoms with Gasteiger partial charge >= 0.3 is 12.0 Å². The molecule has 2 aliphatic rings. The van der Waals surface area contributed by atoms with Crippen LogP contribution in [0.25, 0.3) is 0 Å². The van der Waals surface area contributed by atoms with E-state index < -0.39 is 6.04 Å². The fourth-order valence-corrected chi connectivity index (χ4v) is 3.26. The highest BCUT2D eigenvalue weighted by molar-refractivity contribution is 6.19. The van der Waals surface area contributed by atoms with E-state index in [-0.39, 0.29) is 18.5 Å². The van der Waals surface area contributed by atoms with Gasteiger partial charge in [0, 0.05) is 34.3 Å². The van der Waals surface area contributed by atoms with E-state index in [1.807, 2.05) is 17.7 Å². The van der Waals surface area contributed by atoms with E-state index in [1.54, 1.807) is 21.3 Å². The van der Waals surface area contributed by atoms with Gasteiger partial charge in [-0.3, -0.25) is 14.6 Å². The minimum atomic E-state index is -0.600. The number of rotatable bonds is 7. The second-order valence-electron chi connectivity index (χ2n) is 6.17. The molecule has 0 spiro atoms. The molecule has 3 amide bonds. The van der Waals surface area contributed by atoms with Gasteiger partial charge in [-0.25, -0.2) is 13.9 Å². The number of aliphatic imine (C=N–C) groups is 1. The van der Waals surface area contributed by atoms with Crippen molar-refractivity contribution in [3.05, 3.63) is 11.9 Å². The van der Waals surface area contributed by atoms with Crippen molar-refractivity contribution in [2.45, 2.75) is 25.9 Å². The average molecular weight is 350 g/mol. The molecule has 1 aromatic rings. The minimum Gasteiger partial charge on any atom is -0.385 e. The third-order valence-corrected chi connectivity index (χ3v) is 4.57. The maximum atomic E-state index is 12.9. The average Bonchev–Trinajstić information content (AvgIpc) is 3.09. The van der Waals surface area contributed by atoms with Gasteiger partial charge in [0.1, 0.15) is 11.9 Å². The zero-order valence-corrected chi connectivity index (χ0v) is 15.1. The first-order valence-electron chi connectivity index (χ1n) is 8.28. The van der Waals surface area contributed by atoms with Crippen LogP contribution < -0.4 is 4.57 Å². The highest BCUT2D eigenvalue weighted by atomic mass is 16.5. The molecule has 0 N–H and O–H groups in total. The van der Waals surface area contributed by atoms with Gasteiger partial charge in [-0.1, -0.05) is 4.99 Å². The molecule has 1 atom stereocenters. The lowest BCUT2D eigenvalue weighted by molar-refractivity contribution is -0.677. The first-order chi connectivity index (χ1) is 12.0. The summed E-state index contributed by atoms with van der Waals surface area (Å²) in [6, 6.07) is -0.970. The van der Waals surface area contributed by atoms with Gasteiger partial charge in [-0.15, -0.1) is 0 Å². The quantitative estimate of drug-likeness (QED) is 0.521. The maximum absolute atomic E-state index is 12.9. The number of methoxy groups -OCH3 is 2. The second-order valence-corrected chi connectivity index (χ2v) is 6.17. The molecule has 1 aromatic heterocycles. The Kier molecular flexibility index (Phi) is 4.87. The fourth-order valence-electron chi connectivity index (χ4n) is 3.26. The van der Waals surface area contributed by atoms with Crippen LogP contribution in [0.3, 0.4) is 0 Å². The summed E-state index contributed by atoms with van der Waals surface area (Å²) in [6.07, 6.45) is 2.76. The molecule has 1 saturated heterocycles. The third kappa shape index (κ3) is 2.83. The van der Waals surface area contributed by atoms with Crippen LogP contribution in [0, 0.1) is 6.92 Å². The Morgan fingerprint density at radius 3 is 2.60 bits per heavy atom. The number of carbonyl (C=O) groups is 2. The molecule has 2 aliphatic heterocycles. The summed E-state index contributed by atoms with van der Waals surface area (Å²) >= 11 is 0. The van der Waals surface area contributed by atoms with Gasteiger partial charge in [0.2, 0.25) is 11.9 Å². The highest BCUT2D eigenvalue weighted by Crippen LogP contribution is 2.29. The van der Waals surface area contributed by atoms with Crippen molar-refractivity contribution in [2.75, 3.05) is 41.0 Å². The van der Waals surface area contributed by atoms with Gasteiger partial charge in [0.15, 0.2) is 0 Å². The smallest absolute Gasteiger partial charge is 0.385 e. The van der Waals surface area contributed by atoms with Crippen LogP contribution in [0.4, 0.5) is 10.7 Å². The van der Waals surface area contributed by atoms with E-state index in [4.69, 9.17) is 9.47 Å². The zero-order valence-electron chi connectivity index (χ0n) is 15.1. The Bertz CT molecular complexity index is 726. The number of hydrogen-bond acceptors (Lipinski definition) is 5. The zero-order chi connectivity index (χ0) is 18.1. The Morgan fingerprint density at radius 2 is 1.92 bits per heavy atom. The SMILES string of the molecule is COCCCn1c(C)c[n+]2c1N=C1C2C(=O)N(CCOC)C(=O)N1C. The molecule has 0 radical (unpaired) electrons. The van der Waals surface area contributed by atoms with Crippen LogP contribution in [0.2, 0.25) is 0 Å². The monoisotopic (exact) mass is 350 g/mol. The molecule has 3 rings (SSSR count). The molecular weight excluding hydrogens is 326 g/mol. The molecule has 9 heteroatoms. The van der Waals surface area contributed by atoms with E-state index in [1.165, 1.54) is 9.80 Å². The van der Waals surface area contributed by atoms with Crippen LogP contribution in [0.15, 0.2) is 11.2 Å². The first kappa shape index (κ1) is 17.6. The van der Waals surface area contributed by atoms with Crippen LogP contribution in [-0.4, -0.2) is 73.2 Å². The summed E-state index contributed by atoms with van der Waals surface area (Å²) in [6.45, 7) is 3.91. The normalized spacial score (nSPS) is 19.4. The van der Waals surface area contributed by atoms with Gasteiger partial charge in [-0.05, 0) is 6.92 Å². The Morgan fingerprint density at radius 1 is 1.20 bits per heavy atom. The van der Waals surface area contributed by atoms with Crippen molar-refractivity contribution in [2.24, 2.45) is 4.99 Å². The second kappa shape index (κ2) is 6.93. The molecule has 0 saturated carbocycles. The minimum absolute atomic E-state index is 0.228. The number of fused-ring (bicyclic) bond motifs is 3. The topological polar surface area (TPSA) is 80.2 Å². The number of aromatic nitrogens is 2. The number of nitrogens with zero attached hydrogens (tertiary/aromatic N) is 5. The summed E-state index contributed by atoms with van der Waals surface area (Å²) in [5.74, 6) is 0.894. The number of imide groups is 1. The Balaban J connectivity index is 1.94. The van der Waals surface area contributed by atoms with Gasteiger partial charge < -0.3 is 9.47 Å². The number of aryl methyl sites for hydroxylation is 1. The lowest BCUT2D eigenvalue weighted by Gasteiger charge is -2.32. The highest BCUT2D eigenvalue weighted by Gasteiger charge is 2.52. The van der Waals surface area contributed by atoms with Crippen molar-refractivity contribution in [1.29, 1.82) is 0 Å². The lowest BCUT2D eigenvalue weighted by atomic mass is 10.1. The number of likely N-dealkylation sites (N-methyl/N-ethyl adjacent to an activating group) is 1. The third-order valence-electron chi connectivity index (χ3n) is 4.57. The van der Waals surface area contributed by atoms with Crippen LogP contribution in [0.5, 0.6) is 0 Å². The Hall–Kier alpha value is -2.26. The number of imidazole rings is 1. The summed E-state index contributed by atoms with van der Waals surface area (Å²) in [4.78, 5) is 32.7. The maximum Gasteiger partial charge on any atom is 0.401 e. The molecule has 0 aliphatic carbocycles. The van der Waals surface area contributed by atoms with Crippen molar-refractivity contribution < 1.29 is 23.6 Å². The van der Waals surface area contributed by atoms with Crippen LogP contribution in [0.1, 0.15) is 18.2 Å². The molecule has 0 bridgehead atoms. The largest absolute Gasteiger partial charge is 0.401 e. The van der Waals surface area contributed by atoms with Gasteiger partial charge in [-0.2, -0.15) is 0 Å². The molecule has 136 valence electrons. The number of amides is 3. The molecule has 3 heterocycles. The lowest BCUT2D eigenvalue weighted by Crippen LogP contribution is -2.63. The fraction of sp³-hybridized carbons (Fsp3) is 0.625. The molecule has 0 aromatic carbocycles. The van der Waals surface area contributed by atoms with E-state index in [0.717, 1.165) is 18.7 Å². The van der Waals surface area contributed by atoms with E-state index >= 15 is 0 Å². The van der Waals surface area contributed by atoms with Gasteiger partial charge in [0.25, 0.3) is 5.91 Å². The molecule has 1 unspecified atom stereocenters. The van der Waals surface area contributed by atoms with Crippen LogP contribution in [-0.2, 0) is 20.8 Å². The van der Waals surface area contributed by atoms with Crippen molar-refractivity contribution >= 4 is 23.7 Å². The Labute approximate surface area is 146 Å². The predicted octanol–water partition coefficient (Wildman–Crippen LogP) is 0.246. The van der Waals surface area contributed by atoms with Crippen molar-refractivity contribution in [3.8, 4) is 0 Å². The standard InChI is InChI=1S/C16H24N5O4/c1-11-10-21-12-13(17-15(21)19(11)6-5-8-24-3)18(2)16(23)20(14(12)22)7-9-25-4/h10,12H,5-9H2,1-4H3/q+1. The molecule has 25 heavy (non-hydrogen) atoms. The first-order valence-corrected chi connectivity index (χ1v) is 8.28. The summed E-state index contributed by atoms with van der Waals surface area (Å²) in [7, 11) is 4.86. The summed E-state index contributed by atoms with van der Waals surface area (Å²) < 4.78 is 14.0. The van der Waals surface area contributed by atoms with Crippen molar-refractivity contribution in [1.82, 2.24) is 14.4 Å². The van der Waals surface area contributed by atoms with E-state index in [9.17, 15) is 9.59 Å². The van der Waals surface area contributed by atoms with Crippen molar-refractivity contribution in [3.63, 3.8) is 0 Å². The predicted molar refractivity (Wildman–Crippen MR) is 88.7 cm³/mol. The number of amidine groups is 1.